The lowest BCUT2D eigenvalue weighted by atomic mass is 10.1. The Morgan fingerprint density at radius 1 is 1.28 bits per heavy atom. The molecule has 0 bridgehead atoms. The van der Waals surface area contributed by atoms with Crippen LogP contribution in [0.5, 0.6) is 0 Å². The highest BCUT2D eigenvalue weighted by Crippen LogP contribution is 2.34. The van der Waals surface area contributed by atoms with E-state index < -0.39 is 0 Å². The number of rotatable bonds is 3. The molecular weight excluding hydrogens is 288 g/mol. The van der Waals surface area contributed by atoms with Crippen molar-refractivity contribution in [3.05, 3.63) is 34.3 Å². The van der Waals surface area contributed by atoms with E-state index in [1.165, 1.54) is 24.9 Å². The van der Waals surface area contributed by atoms with Gasteiger partial charge in [0.1, 0.15) is 0 Å². The molecule has 1 aromatic carbocycles. The highest BCUT2D eigenvalue weighted by Gasteiger charge is 2.35. The van der Waals surface area contributed by atoms with Crippen LogP contribution in [0, 0.1) is 5.92 Å². The van der Waals surface area contributed by atoms with E-state index in [0.29, 0.717) is 6.04 Å². The predicted octanol–water partition coefficient (Wildman–Crippen LogP) is 3.02. The molecule has 2 atom stereocenters. The van der Waals surface area contributed by atoms with Gasteiger partial charge in [0.2, 0.25) is 0 Å². The second-order valence-corrected chi connectivity index (χ2v) is 6.67. The molecule has 1 heterocycles. The molecule has 0 radical (unpaired) electrons. The summed E-state index contributed by atoms with van der Waals surface area (Å²) in [7, 11) is 0. The summed E-state index contributed by atoms with van der Waals surface area (Å²) in [5, 5.41) is 3.71. The molecule has 2 aliphatic rings. The molecule has 1 aromatic rings. The minimum Gasteiger partial charge on any atom is -0.311 e. The number of hydrogen-bond donors (Lipinski definition) is 1. The summed E-state index contributed by atoms with van der Waals surface area (Å²) < 4.78 is 1.16. The first-order valence-electron chi connectivity index (χ1n) is 6.94. The Bertz CT molecular complexity index is 399. The smallest absolute Gasteiger partial charge is 0.0237 e. The van der Waals surface area contributed by atoms with Crippen molar-refractivity contribution >= 4 is 15.9 Å². The molecule has 3 heteroatoms. The molecule has 2 fully saturated rings. The summed E-state index contributed by atoms with van der Waals surface area (Å²) >= 11 is 3.50. The van der Waals surface area contributed by atoms with Gasteiger partial charge in [0, 0.05) is 36.2 Å². The van der Waals surface area contributed by atoms with Gasteiger partial charge in [-0.25, -0.2) is 0 Å². The highest BCUT2D eigenvalue weighted by molar-refractivity contribution is 9.10. The van der Waals surface area contributed by atoms with E-state index >= 15 is 0 Å². The average Bonchev–Trinajstić information content (AvgIpc) is 3.19. The van der Waals surface area contributed by atoms with Gasteiger partial charge < -0.3 is 5.32 Å². The lowest BCUT2D eigenvalue weighted by molar-refractivity contribution is 0.125. The van der Waals surface area contributed by atoms with Gasteiger partial charge in [-0.3, -0.25) is 4.90 Å². The van der Waals surface area contributed by atoms with Crippen LogP contribution in [0.2, 0.25) is 0 Å². The third-order valence-electron chi connectivity index (χ3n) is 4.22. The molecule has 1 saturated carbocycles. The number of benzene rings is 1. The summed E-state index contributed by atoms with van der Waals surface area (Å²) in [6, 6.07) is 10.1. The highest BCUT2D eigenvalue weighted by atomic mass is 79.9. The van der Waals surface area contributed by atoms with Crippen molar-refractivity contribution in [1.29, 1.82) is 0 Å². The van der Waals surface area contributed by atoms with Gasteiger partial charge in [0.15, 0.2) is 0 Å². The normalized spacial score (nSPS) is 29.4. The first-order valence-corrected chi connectivity index (χ1v) is 7.73. The molecular formula is C15H21BrN2. The molecule has 1 aliphatic carbocycles. The van der Waals surface area contributed by atoms with Crippen LogP contribution in [0.3, 0.4) is 0 Å². The van der Waals surface area contributed by atoms with Crippen molar-refractivity contribution in [2.45, 2.75) is 38.4 Å². The Labute approximate surface area is 118 Å². The number of nitrogens with one attached hydrogen (secondary N) is 1. The van der Waals surface area contributed by atoms with E-state index in [0.717, 1.165) is 29.5 Å². The fourth-order valence-electron chi connectivity index (χ4n) is 2.81. The first-order chi connectivity index (χ1) is 8.72. The van der Waals surface area contributed by atoms with Crippen LogP contribution >= 0.6 is 15.9 Å². The van der Waals surface area contributed by atoms with Crippen LogP contribution in [0.25, 0.3) is 0 Å². The summed E-state index contributed by atoms with van der Waals surface area (Å²) in [5.74, 6) is 0.949. The van der Waals surface area contributed by atoms with Gasteiger partial charge >= 0.3 is 0 Å². The zero-order valence-corrected chi connectivity index (χ0v) is 12.5. The van der Waals surface area contributed by atoms with Crippen LogP contribution in [-0.2, 0) is 6.54 Å². The molecule has 18 heavy (non-hydrogen) atoms. The van der Waals surface area contributed by atoms with Crippen molar-refractivity contribution < 1.29 is 0 Å². The lowest BCUT2D eigenvalue weighted by Crippen LogP contribution is -2.55. The molecule has 1 saturated heterocycles. The van der Waals surface area contributed by atoms with Gasteiger partial charge in [0.25, 0.3) is 0 Å². The number of halogens is 1. The SMILES string of the molecule is CC1CNC(C2CC2)CN1Cc1ccc(Br)cc1. The van der Waals surface area contributed by atoms with Crippen molar-refractivity contribution in [1.82, 2.24) is 10.2 Å². The third kappa shape index (κ3) is 2.95. The maximum atomic E-state index is 3.71. The summed E-state index contributed by atoms with van der Waals surface area (Å²) in [6.07, 6.45) is 2.86. The molecule has 2 nitrogen and oxygen atoms in total. The van der Waals surface area contributed by atoms with Crippen LogP contribution in [0.15, 0.2) is 28.7 Å². The summed E-state index contributed by atoms with van der Waals surface area (Å²) in [5.41, 5.74) is 1.42. The lowest BCUT2D eigenvalue weighted by Gasteiger charge is -2.39. The van der Waals surface area contributed by atoms with Crippen LogP contribution in [0.4, 0.5) is 0 Å². The van der Waals surface area contributed by atoms with Gasteiger partial charge in [-0.15, -0.1) is 0 Å². The molecule has 1 aliphatic heterocycles. The minimum absolute atomic E-state index is 0.642. The van der Waals surface area contributed by atoms with Crippen LogP contribution in [-0.4, -0.2) is 30.1 Å². The Kier molecular flexibility index (Phi) is 3.73. The minimum atomic E-state index is 0.642. The van der Waals surface area contributed by atoms with Gasteiger partial charge in [0.05, 0.1) is 0 Å². The molecule has 0 spiro atoms. The topological polar surface area (TPSA) is 15.3 Å². The molecule has 3 rings (SSSR count). The van der Waals surface area contributed by atoms with Gasteiger partial charge in [-0.1, -0.05) is 28.1 Å². The molecule has 0 aromatic heterocycles. The van der Waals surface area contributed by atoms with Crippen molar-refractivity contribution in [2.24, 2.45) is 5.92 Å². The standard InChI is InChI=1S/C15H21BrN2/c1-11-8-17-15(13-4-5-13)10-18(11)9-12-2-6-14(16)7-3-12/h2-3,6-7,11,13,15,17H,4-5,8-10H2,1H3. The third-order valence-corrected chi connectivity index (χ3v) is 4.75. The van der Waals surface area contributed by atoms with E-state index in [4.69, 9.17) is 0 Å². The van der Waals surface area contributed by atoms with Crippen molar-refractivity contribution in [3.63, 3.8) is 0 Å². The Hall–Kier alpha value is -0.380. The predicted molar refractivity (Wildman–Crippen MR) is 78.5 cm³/mol. The summed E-state index contributed by atoms with van der Waals surface area (Å²) in [6.45, 7) is 5.76. The summed E-state index contributed by atoms with van der Waals surface area (Å²) in [4.78, 5) is 2.63. The van der Waals surface area contributed by atoms with E-state index in [-0.39, 0.29) is 0 Å². The fraction of sp³-hybridized carbons (Fsp3) is 0.600. The number of piperazine rings is 1. The molecule has 98 valence electrons. The van der Waals surface area contributed by atoms with Crippen LogP contribution in [0.1, 0.15) is 25.3 Å². The van der Waals surface area contributed by atoms with E-state index in [9.17, 15) is 0 Å². The molecule has 2 unspecified atom stereocenters. The largest absolute Gasteiger partial charge is 0.311 e. The van der Waals surface area contributed by atoms with Gasteiger partial charge in [-0.2, -0.15) is 0 Å². The average molecular weight is 309 g/mol. The number of nitrogens with zero attached hydrogens (tertiary/aromatic N) is 1. The maximum absolute atomic E-state index is 3.71. The monoisotopic (exact) mass is 308 g/mol. The van der Waals surface area contributed by atoms with Crippen LogP contribution < -0.4 is 5.32 Å². The molecule has 1 N–H and O–H groups in total. The Morgan fingerprint density at radius 2 is 2.00 bits per heavy atom. The Morgan fingerprint density at radius 3 is 2.67 bits per heavy atom. The van der Waals surface area contributed by atoms with E-state index in [1.807, 2.05) is 0 Å². The zero-order chi connectivity index (χ0) is 12.5. The van der Waals surface area contributed by atoms with E-state index in [2.05, 4.69) is 57.3 Å². The zero-order valence-electron chi connectivity index (χ0n) is 10.9. The van der Waals surface area contributed by atoms with Gasteiger partial charge in [-0.05, 0) is 43.4 Å². The van der Waals surface area contributed by atoms with E-state index in [1.54, 1.807) is 0 Å². The molecule has 0 amide bonds. The quantitative estimate of drug-likeness (QED) is 0.923. The second kappa shape index (κ2) is 5.32. The fourth-order valence-corrected chi connectivity index (χ4v) is 3.07. The van der Waals surface area contributed by atoms with Crippen molar-refractivity contribution in [2.75, 3.05) is 13.1 Å². The van der Waals surface area contributed by atoms with Crippen molar-refractivity contribution in [3.8, 4) is 0 Å². The number of hydrogen-bond acceptors (Lipinski definition) is 2. The maximum Gasteiger partial charge on any atom is 0.0237 e. The second-order valence-electron chi connectivity index (χ2n) is 5.76. The first kappa shape index (κ1) is 12.6. The Balaban J connectivity index is 1.64.